The van der Waals surface area contributed by atoms with E-state index in [2.05, 4.69) is 16.4 Å². The van der Waals surface area contributed by atoms with Crippen LogP contribution in [0.15, 0.2) is 42.7 Å². The van der Waals surface area contributed by atoms with Crippen LogP contribution in [0.5, 0.6) is 11.5 Å². The maximum Gasteiger partial charge on any atom is 0.137 e. The Bertz CT molecular complexity index is 703. The Labute approximate surface area is 153 Å². The average molecular weight is 359 g/mol. The first-order chi connectivity index (χ1) is 12.3. The number of halogens is 1. The monoisotopic (exact) mass is 358 g/mol. The van der Waals surface area contributed by atoms with E-state index in [9.17, 15) is 0 Å². The number of aromatic nitrogens is 1. The molecule has 0 amide bonds. The highest BCUT2D eigenvalue weighted by Gasteiger charge is 2.38. The van der Waals surface area contributed by atoms with Crippen molar-refractivity contribution < 1.29 is 9.47 Å². The lowest BCUT2D eigenvalue weighted by Crippen LogP contribution is -2.46. The molecule has 1 saturated heterocycles. The smallest absolute Gasteiger partial charge is 0.137 e. The third kappa shape index (κ3) is 4.44. The molecular weight excluding hydrogens is 336 g/mol. The van der Waals surface area contributed by atoms with E-state index in [1.807, 2.05) is 36.7 Å². The minimum absolute atomic E-state index is 0.502. The number of rotatable bonds is 8. The molecule has 25 heavy (non-hydrogen) atoms. The maximum absolute atomic E-state index is 5.88. The number of hydrogen-bond acceptors (Lipinski definition) is 4. The van der Waals surface area contributed by atoms with Crippen LogP contribution in [-0.2, 0) is 0 Å². The summed E-state index contributed by atoms with van der Waals surface area (Å²) in [6, 6.07) is 10.2. The van der Waals surface area contributed by atoms with E-state index in [-0.39, 0.29) is 0 Å². The molecule has 0 unspecified atom stereocenters. The van der Waals surface area contributed by atoms with E-state index < -0.39 is 0 Å². The van der Waals surface area contributed by atoms with Crippen molar-refractivity contribution in [3.05, 3.63) is 53.3 Å². The van der Waals surface area contributed by atoms with Gasteiger partial charge in [0.1, 0.15) is 18.1 Å². The van der Waals surface area contributed by atoms with Crippen LogP contribution < -0.4 is 14.8 Å². The minimum Gasteiger partial charge on any atom is -0.494 e. The summed E-state index contributed by atoms with van der Waals surface area (Å²) in [5.41, 5.74) is 1.29. The molecule has 132 valence electrons. The second-order valence-corrected chi connectivity index (χ2v) is 7.33. The van der Waals surface area contributed by atoms with Crippen LogP contribution in [0.4, 0.5) is 0 Å². The lowest BCUT2D eigenvalue weighted by molar-refractivity contribution is 0.216. The molecule has 1 aromatic heterocycles. The largest absolute Gasteiger partial charge is 0.494 e. The van der Waals surface area contributed by atoms with Crippen molar-refractivity contribution in [1.29, 1.82) is 0 Å². The fraction of sp³-hybridized carbons (Fsp3) is 0.450. The lowest BCUT2D eigenvalue weighted by Gasteiger charge is -2.27. The molecule has 1 saturated carbocycles. The van der Waals surface area contributed by atoms with Gasteiger partial charge < -0.3 is 14.8 Å². The van der Waals surface area contributed by atoms with Crippen molar-refractivity contribution >= 4 is 11.6 Å². The van der Waals surface area contributed by atoms with Crippen molar-refractivity contribution in [2.45, 2.75) is 31.2 Å². The fourth-order valence-corrected chi connectivity index (χ4v) is 3.36. The summed E-state index contributed by atoms with van der Waals surface area (Å²) in [6.45, 7) is 2.57. The van der Waals surface area contributed by atoms with E-state index in [0.717, 1.165) is 42.7 Å². The molecule has 4 rings (SSSR count). The molecule has 2 aliphatic rings. The Morgan fingerprint density at radius 1 is 1.12 bits per heavy atom. The van der Waals surface area contributed by atoms with Crippen molar-refractivity contribution in [2.24, 2.45) is 5.92 Å². The number of ether oxygens (including phenoxy) is 2. The molecule has 0 spiro atoms. The van der Waals surface area contributed by atoms with Crippen molar-refractivity contribution in [1.82, 2.24) is 10.3 Å². The average Bonchev–Trinajstić information content (AvgIpc) is 3.35. The van der Waals surface area contributed by atoms with Gasteiger partial charge in [0.25, 0.3) is 0 Å². The Hall–Kier alpha value is -1.78. The normalized spacial score (nSPS) is 24.4. The molecule has 2 aromatic rings. The Morgan fingerprint density at radius 3 is 2.72 bits per heavy atom. The van der Waals surface area contributed by atoms with Crippen LogP contribution in [0.1, 0.15) is 30.7 Å². The van der Waals surface area contributed by atoms with E-state index in [1.165, 1.54) is 18.4 Å². The predicted molar refractivity (Wildman–Crippen MR) is 98.6 cm³/mol. The van der Waals surface area contributed by atoms with Gasteiger partial charge in [-0.2, -0.15) is 0 Å². The molecule has 0 bridgehead atoms. The van der Waals surface area contributed by atoms with E-state index in [1.54, 1.807) is 0 Å². The van der Waals surface area contributed by atoms with Crippen LogP contribution in [-0.4, -0.2) is 30.8 Å². The zero-order valence-corrected chi connectivity index (χ0v) is 14.9. The van der Waals surface area contributed by atoms with Gasteiger partial charge >= 0.3 is 0 Å². The number of hydrogen-bond donors (Lipinski definition) is 1. The molecule has 4 nitrogen and oxygen atoms in total. The first-order valence-corrected chi connectivity index (χ1v) is 9.35. The second kappa shape index (κ2) is 7.63. The molecule has 1 aliphatic carbocycles. The quantitative estimate of drug-likeness (QED) is 0.773. The van der Waals surface area contributed by atoms with Crippen LogP contribution in [0, 0.1) is 5.92 Å². The number of pyridine rings is 1. The summed E-state index contributed by atoms with van der Waals surface area (Å²) in [5.74, 6) is 3.03. The van der Waals surface area contributed by atoms with Crippen LogP contribution in [0.25, 0.3) is 0 Å². The van der Waals surface area contributed by atoms with E-state index >= 15 is 0 Å². The van der Waals surface area contributed by atoms with Crippen LogP contribution in [0.3, 0.4) is 0 Å². The van der Waals surface area contributed by atoms with E-state index in [4.69, 9.17) is 21.1 Å². The molecule has 2 fully saturated rings. The van der Waals surface area contributed by atoms with Crippen molar-refractivity contribution in [3.63, 3.8) is 0 Å². The highest BCUT2D eigenvalue weighted by Crippen LogP contribution is 2.49. The number of nitrogens with zero attached hydrogens (tertiary/aromatic N) is 1. The summed E-state index contributed by atoms with van der Waals surface area (Å²) in [7, 11) is 0. The molecule has 1 aliphatic heterocycles. The minimum atomic E-state index is 0.502. The van der Waals surface area contributed by atoms with Gasteiger partial charge in [0, 0.05) is 17.3 Å². The first-order valence-electron chi connectivity index (χ1n) is 8.97. The number of benzene rings is 1. The Balaban J connectivity index is 1.22. The predicted octanol–water partition coefficient (Wildman–Crippen LogP) is 4.05. The summed E-state index contributed by atoms with van der Waals surface area (Å²) in [5, 5.41) is 4.08. The summed E-state index contributed by atoms with van der Waals surface area (Å²) in [6.07, 6.45) is 7.25. The van der Waals surface area contributed by atoms with Gasteiger partial charge in [-0.05, 0) is 73.5 Å². The maximum atomic E-state index is 5.88. The van der Waals surface area contributed by atoms with Gasteiger partial charge in [0.05, 0.1) is 12.8 Å². The lowest BCUT2D eigenvalue weighted by atomic mass is 10.1. The van der Waals surface area contributed by atoms with Crippen LogP contribution in [0.2, 0.25) is 5.02 Å². The first kappa shape index (κ1) is 16.7. The topological polar surface area (TPSA) is 43.4 Å². The molecular formula is C20H23ClN2O2. The van der Waals surface area contributed by atoms with Crippen LogP contribution >= 0.6 is 11.6 Å². The Kier molecular flexibility index (Phi) is 5.09. The highest BCUT2D eigenvalue weighted by molar-refractivity contribution is 6.30. The SMILES string of the molecule is Clc1ccc(OCC[C@@H]2C[C@@H]2c2cncc(OC[C@@H]3CCN3)c2)cc1. The standard InChI is InChI=1S/C20H23ClN2O2/c21-16-1-3-18(4-2-16)24-8-6-14-10-20(14)15-9-19(12-22-11-15)25-13-17-5-7-23-17/h1-4,9,11-12,14,17,20,23H,5-8,10,13H2/t14-,17+,20+/m1/s1. The van der Waals surface area contributed by atoms with Gasteiger partial charge in [-0.3, -0.25) is 4.98 Å². The Morgan fingerprint density at radius 2 is 1.96 bits per heavy atom. The van der Waals surface area contributed by atoms with Gasteiger partial charge in [-0.15, -0.1) is 0 Å². The van der Waals surface area contributed by atoms with Crippen molar-refractivity contribution in [2.75, 3.05) is 19.8 Å². The summed E-state index contributed by atoms with van der Waals surface area (Å²) in [4.78, 5) is 4.35. The molecule has 5 heteroatoms. The summed E-state index contributed by atoms with van der Waals surface area (Å²) < 4.78 is 11.6. The molecule has 3 atom stereocenters. The van der Waals surface area contributed by atoms with Gasteiger partial charge in [0.15, 0.2) is 0 Å². The zero-order valence-electron chi connectivity index (χ0n) is 14.2. The molecule has 2 heterocycles. The van der Waals surface area contributed by atoms with Crippen molar-refractivity contribution in [3.8, 4) is 11.5 Å². The van der Waals surface area contributed by atoms with E-state index in [0.29, 0.717) is 17.9 Å². The fourth-order valence-electron chi connectivity index (χ4n) is 3.24. The second-order valence-electron chi connectivity index (χ2n) is 6.90. The molecule has 0 radical (unpaired) electrons. The highest BCUT2D eigenvalue weighted by atomic mass is 35.5. The number of nitrogens with one attached hydrogen (secondary N) is 1. The van der Waals surface area contributed by atoms with Gasteiger partial charge in [-0.1, -0.05) is 11.6 Å². The van der Waals surface area contributed by atoms with Gasteiger partial charge in [-0.25, -0.2) is 0 Å². The third-order valence-corrected chi connectivity index (χ3v) is 5.29. The zero-order chi connectivity index (χ0) is 17.1. The van der Waals surface area contributed by atoms with Gasteiger partial charge in [0.2, 0.25) is 0 Å². The third-order valence-electron chi connectivity index (χ3n) is 5.03. The molecule has 1 aromatic carbocycles. The summed E-state index contributed by atoms with van der Waals surface area (Å²) >= 11 is 5.88. The molecule has 1 N–H and O–H groups in total.